The molecule has 0 saturated carbocycles. The second kappa shape index (κ2) is 11.0. The third-order valence-electron chi connectivity index (χ3n) is 3.98. The van der Waals surface area contributed by atoms with Gasteiger partial charge in [0.05, 0.1) is 16.8 Å². The molecule has 3 amide bonds. The van der Waals surface area contributed by atoms with Gasteiger partial charge in [-0.25, -0.2) is 5.43 Å². The largest absolute Gasteiger partial charge is 0.484 e. The molecule has 2 aromatic carbocycles. The summed E-state index contributed by atoms with van der Waals surface area (Å²) in [5.74, 6) is -1.24. The highest BCUT2D eigenvalue weighted by Crippen LogP contribution is 2.15. The fourth-order valence-corrected chi connectivity index (χ4v) is 2.70. The van der Waals surface area contributed by atoms with Gasteiger partial charge in [-0.1, -0.05) is 49.7 Å². The predicted molar refractivity (Wildman–Crippen MR) is 114 cm³/mol. The van der Waals surface area contributed by atoms with Crippen LogP contribution in [-0.2, 0) is 9.59 Å². The van der Waals surface area contributed by atoms with E-state index < -0.39 is 23.8 Å². The minimum atomic E-state index is -0.809. The molecule has 0 fully saturated rings. The molecule has 9 heteroatoms. The number of carbonyl (C=O) groups excluding carboxylic acids is 3. The van der Waals surface area contributed by atoms with Gasteiger partial charge in [-0.2, -0.15) is 5.10 Å². The van der Waals surface area contributed by atoms with Crippen LogP contribution < -0.4 is 21.2 Å². The zero-order valence-electron chi connectivity index (χ0n) is 16.6. The van der Waals surface area contributed by atoms with Crippen LogP contribution in [0.4, 0.5) is 0 Å². The summed E-state index contributed by atoms with van der Waals surface area (Å²) in [5.41, 5.74) is 8.39. The lowest BCUT2D eigenvalue weighted by Crippen LogP contribution is -2.48. The lowest BCUT2D eigenvalue weighted by molar-refractivity contribution is -0.124. The van der Waals surface area contributed by atoms with Crippen LogP contribution in [-0.4, -0.2) is 36.6 Å². The normalized spacial score (nSPS) is 11.9. The number of ether oxygens (including phenoxy) is 1. The minimum absolute atomic E-state index is 0.183. The van der Waals surface area contributed by atoms with Crippen molar-refractivity contribution in [2.75, 3.05) is 6.61 Å². The average Bonchev–Trinajstić information content (AvgIpc) is 2.70. The van der Waals surface area contributed by atoms with Gasteiger partial charge in [0.2, 0.25) is 0 Å². The van der Waals surface area contributed by atoms with Gasteiger partial charge in [0.25, 0.3) is 17.7 Å². The molecule has 30 heavy (non-hydrogen) atoms. The van der Waals surface area contributed by atoms with E-state index in [4.69, 9.17) is 22.1 Å². The second-order valence-electron chi connectivity index (χ2n) is 6.74. The number of nitrogens with one attached hydrogen (secondary N) is 2. The van der Waals surface area contributed by atoms with Crippen molar-refractivity contribution in [2.45, 2.75) is 19.9 Å². The lowest BCUT2D eigenvalue weighted by Gasteiger charge is -2.20. The maximum Gasteiger partial charge on any atom is 0.262 e. The molecule has 158 valence electrons. The van der Waals surface area contributed by atoms with E-state index in [1.165, 1.54) is 6.21 Å². The first-order chi connectivity index (χ1) is 14.3. The summed E-state index contributed by atoms with van der Waals surface area (Å²) in [4.78, 5) is 35.8. The molecule has 0 aliphatic carbocycles. The van der Waals surface area contributed by atoms with E-state index in [0.29, 0.717) is 16.3 Å². The number of rotatable bonds is 9. The van der Waals surface area contributed by atoms with Crippen LogP contribution in [0.15, 0.2) is 53.6 Å². The van der Waals surface area contributed by atoms with Crippen LogP contribution in [0, 0.1) is 5.92 Å². The first-order valence-corrected chi connectivity index (χ1v) is 9.55. The van der Waals surface area contributed by atoms with Gasteiger partial charge in [0.1, 0.15) is 11.8 Å². The molecular formula is C21H23ClN4O4. The first kappa shape index (κ1) is 22.9. The highest BCUT2D eigenvalue weighted by atomic mass is 35.5. The molecule has 0 bridgehead atoms. The Kier molecular flexibility index (Phi) is 8.37. The summed E-state index contributed by atoms with van der Waals surface area (Å²) >= 11 is 6.04. The summed E-state index contributed by atoms with van der Waals surface area (Å²) in [5, 5.41) is 6.92. The van der Waals surface area contributed by atoms with E-state index in [9.17, 15) is 14.4 Å². The van der Waals surface area contributed by atoms with Gasteiger partial charge in [-0.05, 0) is 35.7 Å². The first-order valence-electron chi connectivity index (χ1n) is 9.17. The summed E-state index contributed by atoms with van der Waals surface area (Å²) in [7, 11) is 0. The number of nitrogens with two attached hydrogens (primary N) is 1. The third kappa shape index (κ3) is 6.89. The van der Waals surface area contributed by atoms with E-state index >= 15 is 0 Å². The van der Waals surface area contributed by atoms with Gasteiger partial charge in [-0.3, -0.25) is 14.4 Å². The molecule has 8 nitrogen and oxygen atoms in total. The molecular weight excluding hydrogens is 408 g/mol. The number of hydrazone groups is 1. The SMILES string of the molecule is CC(C)C(NC(=O)c1ccccc1Cl)C(=O)N/N=C/c1cccc(OCC(N)=O)c1. The molecule has 2 aromatic rings. The number of primary amides is 1. The van der Waals surface area contributed by atoms with Crippen molar-refractivity contribution in [1.82, 2.24) is 10.7 Å². The van der Waals surface area contributed by atoms with Crippen molar-refractivity contribution in [2.24, 2.45) is 16.8 Å². The van der Waals surface area contributed by atoms with E-state index in [1.807, 2.05) is 0 Å². The fourth-order valence-electron chi connectivity index (χ4n) is 2.48. The van der Waals surface area contributed by atoms with Gasteiger partial charge >= 0.3 is 0 Å². The summed E-state index contributed by atoms with van der Waals surface area (Å²) < 4.78 is 5.22. The van der Waals surface area contributed by atoms with E-state index in [-0.39, 0.29) is 18.1 Å². The lowest BCUT2D eigenvalue weighted by atomic mass is 10.0. The van der Waals surface area contributed by atoms with E-state index in [0.717, 1.165) is 0 Å². The zero-order valence-corrected chi connectivity index (χ0v) is 17.3. The predicted octanol–water partition coefficient (Wildman–Crippen LogP) is 2.11. The minimum Gasteiger partial charge on any atom is -0.484 e. The van der Waals surface area contributed by atoms with E-state index in [2.05, 4.69) is 15.8 Å². The Labute approximate surface area is 179 Å². The van der Waals surface area contributed by atoms with Gasteiger partial charge in [0, 0.05) is 0 Å². The molecule has 0 aliphatic rings. The van der Waals surface area contributed by atoms with Crippen LogP contribution in [0.25, 0.3) is 0 Å². The molecule has 0 heterocycles. The Hall–Kier alpha value is -3.39. The average molecular weight is 431 g/mol. The van der Waals surface area contributed by atoms with Crippen LogP contribution in [0.2, 0.25) is 5.02 Å². The zero-order chi connectivity index (χ0) is 22.1. The molecule has 1 unspecified atom stereocenters. The Bertz CT molecular complexity index is 946. The summed E-state index contributed by atoms with van der Waals surface area (Å²) in [6, 6.07) is 12.5. The number of carbonyl (C=O) groups is 3. The van der Waals surface area contributed by atoms with Gasteiger partial charge in [-0.15, -0.1) is 0 Å². The van der Waals surface area contributed by atoms with Gasteiger partial charge in [0.15, 0.2) is 6.61 Å². The smallest absolute Gasteiger partial charge is 0.262 e. The summed E-state index contributed by atoms with van der Waals surface area (Å²) in [6.07, 6.45) is 1.42. The monoisotopic (exact) mass is 430 g/mol. The number of nitrogens with zero attached hydrogens (tertiary/aromatic N) is 1. The van der Waals surface area contributed by atoms with Crippen molar-refractivity contribution < 1.29 is 19.1 Å². The van der Waals surface area contributed by atoms with Crippen LogP contribution in [0.1, 0.15) is 29.8 Å². The Balaban J connectivity index is 2.00. The van der Waals surface area contributed by atoms with Crippen LogP contribution in [0.5, 0.6) is 5.75 Å². The fraction of sp³-hybridized carbons (Fsp3) is 0.238. The molecule has 0 saturated heterocycles. The quantitative estimate of drug-likeness (QED) is 0.416. The van der Waals surface area contributed by atoms with E-state index in [1.54, 1.807) is 62.4 Å². The number of halogens is 1. The molecule has 4 N–H and O–H groups in total. The molecule has 0 aromatic heterocycles. The molecule has 2 rings (SSSR count). The molecule has 0 aliphatic heterocycles. The van der Waals surface area contributed by atoms with Gasteiger partial charge < -0.3 is 15.8 Å². The number of hydrogen-bond donors (Lipinski definition) is 3. The summed E-state index contributed by atoms with van der Waals surface area (Å²) in [6.45, 7) is 3.37. The Morgan fingerprint density at radius 1 is 1.17 bits per heavy atom. The van der Waals surface area contributed by atoms with Crippen molar-refractivity contribution in [3.05, 3.63) is 64.7 Å². The van der Waals surface area contributed by atoms with Crippen LogP contribution in [0.3, 0.4) is 0 Å². The molecule has 0 radical (unpaired) electrons. The topological polar surface area (TPSA) is 123 Å². The molecule has 1 atom stereocenters. The highest BCUT2D eigenvalue weighted by molar-refractivity contribution is 6.33. The standard InChI is InChI=1S/C21H23ClN4O4/c1-13(2)19(25-20(28)16-8-3-4-9-17(16)22)21(29)26-24-11-14-6-5-7-15(10-14)30-12-18(23)27/h3-11,13,19H,12H2,1-2H3,(H2,23,27)(H,25,28)(H,26,29)/b24-11+. The van der Waals surface area contributed by atoms with Crippen LogP contribution >= 0.6 is 11.6 Å². The van der Waals surface area contributed by atoms with Crippen molar-refractivity contribution in [3.8, 4) is 5.75 Å². The molecule has 0 spiro atoms. The third-order valence-corrected chi connectivity index (χ3v) is 4.31. The van der Waals surface area contributed by atoms with Crippen molar-refractivity contribution in [3.63, 3.8) is 0 Å². The Morgan fingerprint density at radius 2 is 1.90 bits per heavy atom. The Morgan fingerprint density at radius 3 is 2.57 bits per heavy atom. The highest BCUT2D eigenvalue weighted by Gasteiger charge is 2.25. The van der Waals surface area contributed by atoms with Crippen molar-refractivity contribution in [1.29, 1.82) is 0 Å². The maximum absolute atomic E-state index is 12.5. The second-order valence-corrected chi connectivity index (χ2v) is 7.14. The number of benzene rings is 2. The number of hydrogen-bond acceptors (Lipinski definition) is 5. The maximum atomic E-state index is 12.5. The van der Waals surface area contributed by atoms with Crippen molar-refractivity contribution >= 4 is 35.5 Å². The number of amides is 3.